The molecule has 0 aliphatic heterocycles. The van der Waals surface area contributed by atoms with Crippen LogP contribution in [0.3, 0.4) is 0 Å². The standard InChI is InChI=1S/C17H17N3O2/c1-20(2)11-5-3-10(4-6-11)15-9-14(21)12-7-8-13(18)16(19)17(12)22-15/h3-9H,18-19H2,1-2H3. The summed E-state index contributed by atoms with van der Waals surface area (Å²) in [6.45, 7) is 0. The minimum atomic E-state index is -0.139. The maximum absolute atomic E-state index is 12.2. The van der Waals surface area contributed by atoms with Crippen LogP contribution in [0.15, 0.2) is 51.7 Å². The van der Waals surface area contributed by atoms with Gasteiger partial charge in [-0.05, 0) is 36.4 Å². The summed E-state index contributed by atoms with van der Waals surface area (Å²) >= 11 is 0. The van der Waals surface area contributed by atoms with E-state index in [1.807, 2.05) is 43.3 Å². The van der Waals surface area contributed by atoms with E-state index in [1.165, 1.54) is 6.07 Å². The highest BCUT2D eigenvalue weighted by atomic mass is 16.3. The first-order valence-electron chi connectivity index (χ1n) is 6.87. The van der Waals surface area contributed by atoms with Crippen LogP contribution in [0.5, 0.6) is 0 Å². The molecular formula is C17H17N3O2. The third-order valence-electron chi connectivity index (χ3n) is 3.64. The Morgan fingerprint density at radius 3 is 2.32 bits per heavy atom. The minimum Gasteiger partial charge on any atom is -0.454 e. The molecule has 0 saturated carbocycles. The average molecular weight is 295 g/mol. The van der Waals surface area contributed by atoms with Crippen molar-refractivity contribution < 1.29 is 4.42 Å². The summed E-state index contributed by atoms with van der Waals surface area (Å²) in [5, 5.41) is 0.431. The highest BCUT2D eigenvalue weighted by molar-refractivity contribution is 5.94. The van der Waals surface area contributed by atoms with Gasteiger partial charge in [0.25, 0.3) is 0 Å². The Bertz CT molecular complexity index is 896. The lowest BCUT2D eigenvalue weighted by Gasteiger charge is -2.12. The Labute approximate surface area is 127 Å². The average Bonchev–Trinajstić information content (AvgIpc) is 2.51. The molecule has 0 unspecified atom stereocenters. The molecule has 5 nitrogen and oxygen atoms in total. The van der Waals surface area contributed by atoms with E-state index in [-0.39, 0.29) is 5.43 Å². The molecule has 2 aromatic carbocycles. The quantitative estimate of drug-likeness (QED) is 0.710. The van der Waals surface area contributed by atoms with Crippen molar-refractivity contribution in [3.8, 4) is 11.3 Å². The molecule has 0 atom stereocenters. The van der Waals surface area contributed by atoms with Crippen molar-refractivity contribution in [2.24, 2.45) is 0 Å². The molecule has 4 N–H and O–H groups in total. The van der Waals surface area contributed by atoms with Gasteiger partial charge in [0.2, 0.25) is 0 Å². The Kier molecular flexibility index (Phi) is 3.25. The summed E-state index contributed by atoms with van der Waals surface area (Å²) in [5.41, 5.74) is 14.5. The summed E-state index contributed by atoms with van der Waals surface area (Å²) in [5.74, 6) is 0.472. The first-order valence-corrected chi connectivity index (χ1v) is 6.87. The fraction of sp³-hybridized carbons (Fsp3) is 0.118. The molecule has 1 heterocycles. The van der Waals surface area contributed by atoms with Crippen molar-refractivity contribution >= 4 is 28.0 Å². The number of benzene rings is 2. The number of hydrogen-bond acceptors (Lipinski definition) is 5. The molecule has 0 aliphatic rings. The van der Waals surface area contributed by atoms with Gasteiger partial charge in [0.1, 0.15) is 5.76 Å². The molecule has 0 aliphatic carbocycles. The maximum atomic E-state index is 12.2. The molecule has 3 aromatic rings. The van der Waals surface area contributed by atoms with Gasteiger partial charge < -0.3 is 20.8 Å². The van der Waals surface area contributed by atoms with Crippen LogP contribution in [0.4, 0.5) is 17.1 Å². The Balaban J connectivity index is 2.19. The normalized spacial score (nSPS) is 10.8. The zero-order valence-corrected chi connectivity index (χ0v) is 12.5. The van der Waals surface area contributed by atoms with Gasteiger partial charge in [0.05, 0.1) is 16.8 Å². The van der Waals surface area contributed by atoms with E-state index in [9.17, 15) is 4.79 Å². The third-order valence-corrected chi connectivity index (χ3v) is 3.64. The third kappa shape index (κ3) is 2.26. The van der Waals surface area contributed by atoms with Gasteiger partial charge in [-0.15, -0.1) is 0 Å². The van der Waals surface area contributed by atoms with Crippen molar-refractivity contribution in [1.29, 1.82) is 0 Å². The number of hydrogen-bond donors (Lipinski definition) is 2. The Morgan fingerprint density at radius 1 is 1.00 bits per heavy atom. The largest absolute Gasteiger partial charge is 0.454 e. The number of fused-ring (bicyclic) bond motifs is 1. The molecule has 0 fully saturated rings. The molecule has 0 bridgehead atoms. The summed E-state index contributed by atoms with van der Waals surface area (Å²) in [6.07, 6.45) is 0. The molecular weight excluding hydrogens is 278 g/mol. The molecule has 22 heavy (non-hydrogen) atoms. The van der Waals surface area contributed by atoms with Crippen LogP contribution in [0.25, 0.3) is 22.3 Å². The summed E-state index contributed by atoms with van der Waals surface area (Å²) in [4.78, 5) is 14.2. The molecule has 112 valence electrons. The van der Waals surface area contributed by atoms with Crippen LogP contribution in [0.2, 0.25) is 0 Å². The molecule has 0 saturated heterocycles. The van der Waals surface area contributed by atoms with Crippen LogP contribution in [0.1, 0.15) is 0 Å². The van der Waals surface area contributed by atoms with Crippen LogP contribution < -0.4 is 21.8 Å². The monoisotopic (exact) mass is 295 g/mol. The van der Waals surface area contributed by atoms with Crippen molar-refractivity contribution in [3.05, 3.63) is 52.7 Å². The number of nitrogens with zero attached hydrogens (tertiary/aromatic N) is 1. The van der Waals surface area contributed by atoms with Gasteiger partial charge in [-0.25, -0.2) is 0 Å². The molecule has 5 heteroatoms. The smallest absolute Gasteiger partial charge is 0.193 e. The van der Waals surface area contributed by atoms with E-state index in [0.717, 1.165) is 11.3 Å². The lowest BCUT2D eigenvalue weighted by Crippen LogP contribution is -2.08. The number of rotatable bonds is 2. The maximum Gasteiger partial charge on any atom is 0.193 e. The number of nitrogens with two attached hydrogens (primary N) is 2. The topological polar surface area (TPSA) is 85.5 Å². The molecule has 0 radical (unpaired) electrons. The molecule has 1 aromatic heterocycles. The SMILES string of the molecule is CN(C)c1ccc(-c2cc(=O)c3ccc(N)c(N)c3o2)cc1. The summed E-state index contributed by atoms with van der Waals surface area (Å²) < 4.78 is 5.82. The predicted octanol–water partition coefficient (Wildman–Crippen LogP) is 2.69. The fourth-order valence-electron chi connectivity index (χ4n) is 2.32. The van der Waals surface area contributed by atoms with Crippen molar-refractivity contribution in [3.63, 3.8) is 0 Å². The van der Waals surface area contributed by atoms with Gasteiger partial charge in [0, 0.05) is 31.4 Å². The second-order valence-electron chi connectivity index (χ2n) is 5.36. The van der Waals surface area contributed by atoms with Gasteiger partial charge in [0.15, 0.2) is 11.0 Å². The van der Waals surface area contributed by atoms with Crippen molar-refractivity contribution in [2.75, 3.05) is 30.5 Å². The van der Waals surface area contributed by atoms with Gasteiger partial charge >= 0.3 is 0 Å². The second-order valence-corrected chi connectivity index (χ2v) is 5.36. The Morgan fingerprint density at radius 2 is 1.68 bits per heavy atom. The van der Waals surface area contributed by atoms with Crippen LogP contribution in [-0.4, -0.2) is 14.1 Å². The first kappa shape index (κ1) is 14.0. The molecule has 0 spiro atoms. The Hall–Kier alpha value is -2.95. The fourth-order valence-corrected chi connectivity index (χ4v) is 2.32. The summed E-state index contributed by atoms with van der Waals surface area (Å²) in [6, 6.07) is 12.4. The van der Waals surface area contributed by atoms with E-state index < -0.39 is 0 Å². The zero-order chi connectivity index (χ0) is 15.9. The van der Waals surface area contributed by atoms with Gasteiger partial charge in [-0.2, -0.15) is 0 Å². The van der Waals surface area contributed by atoms with E-state index in [4.69, 9.17) is 15.9 Å². The zero-order valence-electron chi connectivity index (χ0n) is 12.5. The van der Waals surface area contributed by atoms with Crippen LogP contribution in [-0.2, 0) is 0 Å². The highest BCUT2D eigenvalue weighted by Crippen LogP contribution is 2.29. The van der Waals surface area contributed by atoms with E-state index in [0.29, 0.717) is 28.1 Å². The van der Waals surface area contributed by atoms with Gasteiger partial charge in [-0.1, -0.05) is 0 Å². The number of nitrogen functional groups attached to an aromatic ring is 2. The number of anilines is 3. The first-order chi connectivity index (χ1) is 10.5. The summed E-state index contributed by atoms with van der Waals surface area (Å²) in [7, 11) is 3.93. The molecule has 3 rings (SSSR count). The van der Waals surface area contributed by atoms with Crippen molar-refractivity contribution in [1.82, 2.24) is 0 Å². The predicted molar refractivity (Wildman–Crippen MR) is 91.1 cm³/mol. The van der Waals surface area contributed by atoms with Crippen molar-refractivity contribution in [2.45, 2.75) is 0 Å². The lowest BCUT2D eigenvalue weighted by atomic mass is 10.1. The minimum absolute atomic E-state index is 0.139. The van der Waals surface area contributed by atoms with E-state index in [1.54, 1.807) is 12.1 Å². The van der Waals surface area contributed by atoms with Crippen LogP contribution in [0, 0.1) is 0 Å². The van der Waals surface area contributed by atoms with E-state index in [2.05, 4.69) is 0 Å². The second kappa shape index (κ2) is 5.11. The van der Waals surface area contributed by atoms with Gasteiger partial charge in [-0.3, -0.25) is 4.79 Å². The van der Waals surface area contributed by atoms with Crippen LogP contribution >= 0.6 is 0 Å². The lowest BCUT2D eigenvalue weighted by molar-refractivity contribution is 0.620. The van der Waals surface area contributed by atoms with E-state index >= 15 is 0 Å². The molecule has 0 amide bonds. The highest BCUT2D eigenvalue weighted by Gasteiger charge is 2.11.